The Morgan fingerprint density at radius 3 is 2.59 bits per heavy atom. The zero-order valence-electron chi connectivity index (χ0n) is 10.3. The van der Waals surface area contributed by atoms with Crippen molar-refractivity contribution in [3.05, 3.63) is 29.8 Å². The van der Waals surface area contributed by atoms with Gasteiger partial charge in [0.25, 0.3) is 0 Å². The molecular weight excluding hydrogens is 218 g/mol. The van der Waals surface area contributed by atoms with Crippen LogP contribution in [0.25, 0.3) is 0 Å². The standard InChI is InChI=1S/C13H19NO3/c1-14-13(12-9-16-7-8-17-12)10-3-5-11(15-2)6-4-10/h3-6,12-14H,7-9H2,1-2H3. The first-order chi connectivity index (χ1) is 8.35. The Bertz CT molecular complexity index is 333. The molecule has 1 saturated heterocycles. The molecule has 1 fully saturated rings. The highest BCUT2D eigenvalue weighted by atomic mass is 16.6. The van der Waals surface area contributed by atoms with E-state index in [0.29, 0.717) is 19.8 Å². The van der Waals surface area contributed by atoms with Gasteiger partial charge in [-0.3, -0.25) is 0 Å². The molecule has 1 aliphatic heterocycles. The largest absolute Gasteiger partial charge is 0.497 e. The summed E-state index contributed by atoms with van der Waals surface area (Å²) in [6, 6.07) is 8.18. The number of ether oxygens (including phenoxy) is 3. The Balaban J connectivity index is 2.10. The van der Waals surface area contributed by atoms with E-state index in [1.165, 1.54) is 5.56 Å². The topological polar surface area (TPSA) is 39.7 Å². The lowest BCUT2D eigenvalue weighted by molar-refractivity contribution is -0.101. The minimum absolute atomic E-state index is 0.0714. The zero-order valence-corrected chi connectivity index (χ0v) is 10.3. The van der Waals surface area contributed by atoms with Crippen molar-refractivity contribution in [2.75, 3.05) is 34.0 Å². The number of hydrogen-bond donors (Lipinski definition) is 1. The molecule has 1 heterocycles. The van der Waals surface area contributed by atoms with Gasteiger partial charge in [0.2, 0.25) is 0 Å². The van der Waals surface area contributed by atoms with Crippen molar-refractivity contribution in [3.63, 3.8) is 0 Å². The van der Waals surface area contributed by atoms with Crippen LogP contribution >= 0.6 is 0 Å². The highest BCUT2D eigenvalue weighted by Crippen LogP contribution is 2.23. The third-order valence-corrected chi connectivity index (χ3v) is 3.00. The van der Waals surface area contributed by atoms with Crippen molar-refractivity contribution in [1.29, 1.82) is 0 Å². The van der Waals surface area contributed by atoms with Gasteiger partial charge < -0.3 is 19.5 Å². The average molecular weight is 237 g/mol. The monoisotopic (exact) mass is 237 g/mol. The van der Waals surface area contributed by atoms with E-state index in [1.54, 1.807) is 7.11 Å². The summed E-state index contributed by atoms with van der Waals surface area (Å²) in [5.74, 6) is 0.865. The second-order valence-corrected chi connectivity index (χ2v) is 4.02. The summed E-state index contributed by atoms with van der Waals surface area (Å²) >= 11 is 0. The molecule has 4 heteroatoms. The van der Waals surface area contributed by atoms with Gasteiger partial charge in [-0.05, 0) is 24.7 Å². The Hall–Kier alpha value is -1.10. The Kier molecular flexibility index (Phi) is 4.36. The predicted molar refractivity (Wildman–Crippen MR) is 65.4 cm³/mol. The minimum Gasteiger partial charge on any atom is -0.497 e. The normalized spacial score (nSPS) is 22.1. The fourth-order valence-corrected chi connectivity index (χ4v) is 2.08. The van der Waals surface area contributed by atoms with Gasteiger partial charge in [-0.15, -0.1) is 0 Å². The van der Waals surface area contributed by atoms with E-state index in [0.717, 1.165) is 5.75 Å². The molecule has 0 amide bonds. The number of rotatable bonds is 4. The van der Waals surface area contributed by atoms with Crippen molar-refractivity contribution in [2.24, 2.45) is 0 Å². The summed E-state index contributed by atoms with van der Waals surface area (Å²) in [7, 11) is 3.61. The van der Waals surface area contributed by atoms with Crippen LogP contribution in [0.3, 0.4) is 0 Å². The van der Waals surface area contributed by atoms with E-state index in [9.17, 15) is 0 Å². The molecule has 4 nitrogen and oxygen atoms in total. The Morgan fingerprint density at radius 2 is 2.06 bits per heavy atom. The van der Waals surface area contributed by atoms with E-state index in [-0.39, 0.29) is 12.1 Å². The fourth-order valence-electron chi connectivity index (χ4n) is 2.08. The smallest absolute Gasteiger partial charge is 0.118 e. The lowest BCUT2D eigenvalue weighted by atomic mass is 10.0. The first-order valence-corrected chi connectivity index (χ1v) is 5.85. The molecule has 0 bridgehead atoms. The summed E-state index contributed by atoms with van der Waals surface area (Å²) in [5, 5.41) is 3.28. The van der Waals surface area contributed by atoms with Gasteiger partial charge in [0, 0.05) is 0 Å². The van der Waals surface area contributed by atoms with Crippen LogP contribution in [-0.4, -0.2) is 40.1 Å². The SMILES string of the molecule is CNC(c1ccc(OC)cc1)C1COCCO1. The van der Waals surface area contributed by atoms with E-state index in [2.05, 4.69) is 17.4 Å². The first-order valence-electron chi connectivity index (χ1n) is 5.85. The molecule has 0 radical (unpaired) electrons. The molecule has 0 aromatic heterocycles. The van der Waals surface area contributed by atoms with Crippen LogP contribution in [0.4, 0.5) is 0 Å². The highest BCUT2D eigenvalue weighted by Gasteiger charge is 2.25. The summed E-state index contributed by atoms with van der Waals surface area (Å²) < 4.78 is 16.3. The molecule has 2 atom stereocenters. The summed E-state index contributed by atoms with van der Waals surface area (Å²) in [5.41, 5.74) is 1.18. The van der Waals surface area contributed by atoms with Crippen molar-refractivity contribution in [1.82, 2.24) is 5.32 Å². The number of likely N-dealkylation sites (N-methyl/N-ethyl adjacent to an activating group) is 1. The third kappa shape index (κ3) is 2.97. The lowest BCUT2D eigenvalue weighted by Crippen LogP contribution is -2.39. The zero-order chi connectivity index (χ0) is 12.1. The molecule has 0 saturated carbocycles. The second-order valence-electron chi connectivity index (χ2n) is 4.02. The van der Waals surface area contributed by atoms with Crippen LogP contribution in [0.2, 0.25) is 0 Å². The van der Waals surface area contributed by atoms with Gasteiger partial charge in [0.05, 0.1) is 33.0 Å². The van der Waals surface area contributed by atoms with Crippen LogP contribution in [0.1, 0.15) is 11.6 Å². The fraction of sp³-hybridized carbons (Fsp3) is 0.538. The van der Waals surface area contributed by atoms with Crippen molar-refractivity contribution in [3.8, 4) is 5.75 Å². The van der Waals surface area contributed by atoms with Gasteiger partial charge in [0.15, 0.2) is 0 Å². The predicted octanol–water partition coefficient (Wildman–Crippen LogP) is 1.37. The first kappa shape index (κ1) is 12.4. The van der Waals surface area contributed by atoms with E-state index >= 15 is 0 Å². The van der Waals surface area contributed by atoms with Crippen LogP contribution in [-0.2, 0) is 9.47 Å². The molecule has 94 valence electrons. The molecule has 0 aliphatic carbocycles. The summed E-state index contributed by atoms with van der Waals surface area (Å²) in [4.78, 5) is 0. The maximum atomic E-state index is 5.72. The number of benzene rings is 1. The van der Waals surface area contributed by atoms with E-state index in [4.69, 9.17) is 14.2 Å². The molecule has 1 aromatic carbocycles. The molecule has 2 rings (SSSR count). The van der Waals surface area contributed by atoms with Crippen LogP contribution in [0.5, 0.6) is 5.75 Å². The lowest BCUT2D eigenvalue weighted by Gasteiger charge is -2.30. The van der Waals surface area contributed by atoms with Gasteiger partial charge in [-0.25, -0.2) is 0 Å². The van der Waals surface area contributed by atoms with Gasteiger partial charge >= 0.3 is 0 Å². The Labute approximate surface area is 102 Å². The molecule has 17 heavy (non-hydrogen) atoms. The van der Waals surface area contributed by atoms with Crippen LogP contribution in [0.15, 0.2) is 24.3 Å². The number of methoxy groups -OCH3 is 1. The molecule has 2 unspecified atom stereocenters. The third-order valence-electron chi connectivity index (χ3n) is 3.00. The maximum Gasteiger partial charge on any atom is 0.118 e. The molecule has 1 aromatic rings. The minimum atomic E-state index is 0.0714. The van der Waals surface area contributed by atoms with Gasteiger partial charge in [-0.1, -0.05) is 12.1 Å². The summed E-state index contributed by atoms with van der Waals surface area (Å²) in [6.07, 6.45) is 0.0714. The highest BCUT2D eigenvalue weighted by molar-refractivity contribution is 5.29. The Morgan fingerprint density at radius 1 is 1.29 bits per heavy atom. The van der Waals surface area contributed by atoms with Crippen molar-refractivity contribution < 1.29 is 14.2 Å². The molecule has 1 N–H and O–H groups in total. The number of hydrogen-bond acceptors (Lipinski definition) is 4. The van der Waals surface area contributed by atoms with Crippen LogP contribution < -0.4 is 10.1 Å². The maximum absolute atomic E-state index is 5.72. The van der Waals surface area contributed by atoms with Crippen LogP contribution in [0, 0.1) is 0 Å². The van der Waals surface area contributed by atoms with Crippen molar-refractivity contribution in [2.45, 2.75) is 12.1 Å². The van der Waals surface area contributed by atoms with Crippen molar-refractivity contribution >= 4 is 0 Å². The average Bonchev–Trinajstić information content (AvgIpc) is 2.42. The molecular formula is C13H19NO3. The molecule has 0 spiro atoms. The van der Waals surface area contributed by atoms with E-state index < -0.39 is 0 Å². The quantitative estimate of drug-likeness (QED) is 0.858. The van der Waals surface area contributed by atoms with E-state index in [1.807, 2.05) is 19.2 Å². The number of nitrogens with one attached hydrogen (secondary N) is 1. The van der Waals surface area contributed by atoms with Gasteiger partial charge in [0.1, 0.15) is 11.9 Å². The molecule has 1 aliphatic rings. The summed E-state index contributed by atoms with van der Waals surface area (Å²) in [6.45, 7) is 1.99. The second kappa shape index (κ2) is 6.00. The van der Waals surface area contributed by atoms with Gasteiger partial charge in [-0.2, -0.15) is 0 Å².